The highest BCUT2D eigenvalue weighted by Gasteiger charge is 2.10. The number of aromatic nitrogens is 1. The second-order valence-corrected chi connectivity index (χ2v) is 8.81. The maximum Gasteiger partial charge on any atom is 0.323 e. The smallest absolute Gasteiger partial charge is 0.323 e. The van der Waals surface area contributed by atoms with Gasteiger partial charge in [-0.25, -0.2) is 4.79 Å². The fourth-order valence-electron chi connectivity index (χ4n) is 3.57. The van der Waals surface area contributed by atoms with Crippen LogP contribution in [-0.2, 0) is 6.54 Å². The van der Waals surface area contributed by atoms with E-state index in [0.29, 0.717) is 12.5 Å². The summed E-state index contributed by atoms with van der Waals surface area (Å²) in [5.74, 6) is 1.36. The molecule has 0 saturated carbocycles. The molecule has 0 radical (unpaired) electrons. The Balaban J connectivity index is 1.66. The number of anilines is 2. The molecule has 0 atom stereocenters. The summed E-state index contributed by atoms with van der Waals surface area (Å²) < 4.78 is 8.15. The Morgan fingerprint density at radius 2 is 1.71 bits per heavy atom. The van der Waals surface area contributed by atoms with Crippen LogP contribution in [0.1, 0.15) is 25.0 Å². The number of rotatable bonds is 8. The maximum absolute atomic E-state index is 12.6. The molecule has 6 heteroatoms. The number of nitrogens with one attached hydrogen (secondary N) is 2. The molecule has 0 spiro atoms. The van der Waals surface area contributed by atoms with Crippen LogP contribution in [0.25, 0.3) is 10.9 Å². The predicted molar refractivity (Wildman–Crippen MR) is 129 cm³/mol. The van der Waals surface area contributed by atoms with Crippen LogP contribution in [0.3, 0.4) is 0 Å². The van der Waals surface area contributed by atoms with E-state index >= 15 is 0 Å². The Morgan fingerprint density at radius 1 is 1.03 bits per heavy atom. The summed E-state index contributed by atoms with van der Waals surface area (Å²) in [5.41, 5.74) is 4.70. The number of likely N-dealkylation sites (N-methyl/N-ethyl adjacent to an activating group) is 1. The van der Waals surface area contributed by atoms with Crippen molar-refractivity contribution in [1.82, 2.24) is 9.47 Å². The molecule has 2 amide bonds. The Hall–Kier alpha value is -2.99. The normalized spacial score (nSPS) is 11.4. The summed E-state index contributed by atoms with van der Waals surface area (Å²) in [6, 6.07) is 11.7. The van der Waals surface area contributed by atoms with Crippen LogP contribution in [0.5, 0.6) is 5.75 Å². The average molecular weight is 423 g/mol. The number of fused-ring (bicyclic) bond motifs is 1. The van der Waals surface area contributed by atoms with Crippen LogP contribution in [0.2, 0.25) is 0 Å². The van der Waals surface area contributed by atoms with Crippen molar-refractivity contribution in [1.29, 1.82) is 0 Å². The lowest BCUT2D eigenvalue weighted by atomic mass is 10.1. The monoisotopic (exact) mass is 422 g/mol. The van der Waals surface area contributed by atoms with Crippen LogP contribution >= 0.6 is 0 Å². The Labute approximate surface area is 185 Å². The number of ether oxygens (including phenoxy) is 1. The van der Waals surface area contributed by atoms with Crippen molar-refractivity contribution in [2.24, 2.45) is 5.92 Å². The number of benzene rings is 2. The molecule has 0 saturated heterocycles. The molecule has 0 bridgehead atoms. The van der Waals surface area contributed by atoms with Gasteiger partial charge in [0.2, 0.25) is 0 Å². The van der Waals surface area contributed by atoms with Crippen molar-refractivity contribution in [2.45, 2.75) is 34.2 Å². The van der Waals surface area contributed by atoms with E-state index in [9.17, 15) is 4.79 Å². The van der Waals surface area contributed by atoms with E-state index in [1.807, 2.05) is 38.1 Å². The topological polar surface area (TPSA) is 58.5 Å². The van der Waals surface area contributed by atoms with E-state index in [2.05, 4.69) is 66.4 Å². The zero-order valence-corrected chi connectivity index (χ0v) is 19.5. The van der Waals surface area contributed by atoms with Gasteiger partial charge in [-0.05, 0) is 81.4 Å². The molecule has 0 fully saturated rings. The third-order valence-electron chi connectivity index (χ3n) is 5.10. The SMILES string of the molecule is Cc1cc(NC(=O)Nc2ccc3c(ccn3CCN(C)C)c2)cc(C)c1OCC(C)C. The second-order valence-electron chi connectivity index (χ2n) is 8.81. The molecule has 0 aliphatic rings. The Morgan fingerprint density at radius 3 is 2.35 bits per heavy atom. The van der Waals surface area contributed by atoms with Gasteiger partial charge < -0.3 is 24.8 Å². The first-order valence-corrected chi connectivity index (χ1v) is 10.8. The molecule has 0 aliphatic carbocycles. The molecule has 166 valence electrons. The first-order valence-electron chi connectivity index (χ1n) is 10.8. The average Bonchev–Trinajstić information content (AvgIpc) is 3.07. The molecule has 2 aromatic carbocycles. The molecule has 6 nitrogen and oxygen atoms in total. The minimum Gasteiger partial charge on any atom is -0.493 e. The van der Waals surface area contributed by atoms with Crippen LogP contribution in [-0.4, -0.2) is 42.7 Å². The lowest BCUT2D eigenvalue weighted by molar-refractivity contribution is 0.262. The molecule has 0 aliphatic heterocycles. The number of carbonyl (C=O) groups excluding carboxylic acids is 1. The fraction of sp³-hybridized carbons (Fsp3) is 0.400. The van der Waals surface area contributed by atoms with Crippen molar-refractivity contribution < 1.29 is 9.53 Å². The molecular weight excluding hydrogens is 388 g/mol. The molecule has 3 aromatic rings. The zero-order chi connectivity index (χ0) is 22.5. The standard InChI is InChI=1S/C25H34N4O2/c1-17(2)16-31-24-18(3)13-22(14-19(24)4)27-25(30)26-21-7-8-23-20(15-21)9-10-29(23)12-11-28(5)6/h7-10,13-15,17H,11-12,16H2,1-6H3,(H2,26,27,30). The summed E-state index contributed by atoms with van der Waals surface area (Å²) in [7, 11) is 4.14. The third kappa shape index (κ3) is 6.01. The number of amides is 2. The van der Waals surface area contributed by atoms with E-state index < -0.39 is 0 Å². The van der Waals surface area contributed by atoms with Gasteiger partial charge in [-0.3, -0.25) is 0 Å². The lowest BCUT2D eigenvalue weighted by Gasteiger charge is -2.16. The van der Waals surface area contributed by atoms with Crippen molar-refractivity contribution in [2.75, 3.05) is 37.9 Å². The van der Waals surface area contributed by atoms with Gasteiger partial charge in [0.1, 0.15) is 5.75 Å². The minimum atomic E-state index is -0.263. The van der Waals surface area contributed by atoms with E-state index in [4.69, 9.17) is 4.74 Å². The molecule has 0 unspecified atom stereocenters. The highest BCUT2D eigenvalue weighted by atomic mass is 16.5. The third-order valence-corrected chi connectivity index (χ3v) is 5.10. The first-order chi connectivity index (χ1) is 14.7. The Bertz CT molecular complexity index is 1030. The molecule has 2 N–H and O–H groups in total. The highest BCUT2D eigenvalue weighted by molar-refractivity contribution is 6.01. The predicted octanol–water partition coefficient (Wildman–Crippen LogP) is 5.50. The summed E-state index contributed by atoms with van der Waals surface area (Å²) >= 11 is 0. The van der Waals surface area contributed by atoms with Gasteiger partial charge in [-0.1, -0.05) is 13.8 Å². The maximum atomic E-state index is 12.6. The molecule has 3 rings (SSSR count). The second kappa shape index (κ2) is 9.88. The van der Waals surface area contributed by atoms with Gasteiger partial charge in [-0.15, -0.1) is 0 Å². The number of aryl methyl sites for hydroxylation is 2. The summed E-state index contributed by atoms with van der Waals surface area (Å²) in [5, 5.41) is 6.98. The number of carbonyl (C=O) groups is 1. The van der Waals surface area contributed by atoms with Gasteiger partial charge in [0, 0.05) is 41.6 Å². The summed E-state index contributed by atoms with van der Waals surface area (Å²) in [6.45, 7) is 10.8. The number of urea groups is 1. The van der Waals surface area contributed by atoms with Gasteiger partial charge in [-0.2, -0.15) is 0 Å². The molecular formula is C25H34N4O2. The number of hydrogen-bond acceptors (Lipinski definition) is 3. The van der Waals surface area contributed by atoms with Crippen LogP contribution in [0.15, 0.2) is 42.6 Å². The van der Waals surface area contributed by atoms with E-state index in [-0.39, 0.29) is 6.03 Å². The molecule has 31 heavy (non-hydrogen) atoms. The number of nitrogens with zero attached hydrogens (tertiary/aromatic N) is 2. The largest absolute Gasteiger partial charge is 0.493 e. The molecule has 1 aromatic heterocycles. The summed E-state index contributed by atoms with van der Waals surface area (Å²) in [4.78, 5) is 14.7. The first kappa shape index (κ1) is 22.7. The minimum absolute atomic E-state index is 0.263. The van der Waals surface area contributed by atoms with E-state index in [1.165, 1.54) is 0 Å². The van der Waals surface area contributed by atoms with E-state index in [1.54, 1.807) is 0 Å². The van der Waals surface area contributed by atoms with Gasteiger partial charge in [0.15, 0.2) is 0 Å². The van der Waals surface area contributed by atoms with Crippen LogP contribution < -0.4 is 15.4 Å². The quantitative estimate of drug-likeness (QED) is 0.504. The van der Waals surface area contributed by atoms with Crippen LogP contribution in [0, 0.1) is 19.8 Å². The van der Waals surface area contributed by atoms with Crippen molar-refractivity contribution >= 4 is 28.3 Å². The Kier molecular flexibility index (Phi) is 7.23. The van der Waals surface area contributed by atoms with Gasteiger partial charge in [0.05, 0.1) is 6.61 Å². The van der Waals surface area contributed by atoms with Crippen molar-refractivity contribution in [3.63, 3.8) is 0 Å². The van der Waals surface area contributed by atoms with Crippen LogP contribution in [0.4, 0.5) is 16.2 Å². The lowest BCUT2D eigenvalue weighted by Crippen LogP contribution is -2.19. The van der Waals surface area contributed by atoms with Gasteiger partial charge >= 0.3 is 6.03 Å². The molecule has 1 heterocycles. The highest BCUT2D eigenvalue weighted by Crippen LogP contribution is 2.28. The van der Waals surface area contributed by atoms with Crippen molar-refractivity contribution in [3.8, 4) is 5.75 Å². The van der Waals surface area contributed by atoms with E-state index in [0.717, 1.165) is 52.2 Å². The number of hydrogen-bond donors (Lipinski definition) is 2. The fourth-order valence-corrected chi connectivity index (χ4v) is 3.57. The van der Waals surface area contributed by atoms with Crippen molar-refractivity contribution in [3.05, 3.63) is 53.7 Å². The zero-order valence-electron chi connectivity index (χ0n) is 19.5. The summed E-state index contributed by atoms with van der Waals surface area (Å²) in [6.07, 6.45) is 2.09. The van der Waals surface area contributed by atoms with Gasteiger partial charge in [0.25, 0.3) is 0 Å².